The van der Waals surface area contributed by atoms with E-state index in [1.54, 1.807) is 0 Å². The summed E-state index contributed by atoms with van der Waals surface area (Å²) in [5.74, 6) is 0.0891. The molecule has 5 heteroatoms. The Bertz CT molecular complexity index is 161. The van der Waals surface area contributed by atoms with Crippen LogP contribution in [0.1, 0.15) is 0 Å². The molecule has 0 aromatic heterocycles. The second-order valence-electron chi connectivity index (χ2n) is 1.97. The third-order valence-electron chi connectivity index (χ3n) is 1.34. The molecule has 56 valence electrons. The van der Waals surface area contributed by atoms with Crippen LogP contribution in [0, 0.1) is 0 Å². The van der Waals surface area contributed by atoms with Crippen LogP contribution in [0.2, 0.25) is 0 Å². The summed E-state index contributed by atoms with van der Waals surface area (Å²) in [6.45, 7) is 0. The first-order valence-electron chi connectivity index (χ1n) is 2.77. The second kappa shape index (κ2) is 2.92. The molecule has 1 N–H and O–H groups in total. The molecule has 10 heavy (non-hydrogen) atoms. The van der Waals surface area contributed by atoms with E-state index in [0.29, 0.717) is 18.0 Å². The molecule has 1 heterocycles. The van der Waals surface area contributed by atoms with E-state index in [2.05, 4.69) is 0 Å². The Hall–Kier alpha value is -0.710. The van der Waals surface area contributed by atoms with Crippen molar-refractivity contribution >= 4 is 24.1 Å². The molecule has 0 aromatic carbocycles. The molecule has 1 amide bonds. The molecule has 1 aliphatic heterocycles. The molecule has 1 saturated heterocycles. The van der Waals surface area contributed by atoms with Crippen LogP contribution in [0.15, 0.2) is 0 Å². The number of carbonyl (C=O) groups is 2. The van der Waals surface area contributed by atoms with Crippen molar-refractivity contribution in [1.82, 2.24) is 4.90 Å². The van der Waals surface area contributed by atoms with Gasteiger partial charge in [0.2, 0.25) is 6.41 Å². The second-order valence-corrected chi connectivity index (χ2v) is 2.97. The van der Waals surface area contributed by atoms with E-state index >= 15 is 0 Å². The van der Waals surface area contributed by atoms with Crippen molar-refractivity contribution in [3.05, 3.63) is 0 Å². The molecular formula is C5H7NO3S. The molecule has 1 unspecified atom stereocenters. The van der Waals surface area contributed by atoms with Crippen LogP contribution in [0.3, 0.4) is 0 Å². The summed E-state index contributed by atoms with van der Waals surface area (Å²) in [6, 6.07) is -0.609. The van der Waals surface area contributed by atoms with Gasteiger partial charge in [-0.2, -0.15) is 0 Å². The van der Waals surface area contributed by atoms with Crippen molar-refractivity contribution in [3.8, 4) is 0 Å². The average molecular weight is 161 g/mol. The lowest BCUT2D eigenvalue weighted by Gasteiger charge is -2.12. The Kier molecular flexibility index (Phi) is 2.16. The number of rotatable bonds is 2. The van der Waals surface area contributed by atoms with Crippen LogP contribution in [-0.2, 0) is 9.59 Å². The Labute approximate surface area is 62.2 Å². The fraction of sp³-hybridized carbons (Fsp3) is 0.600. The van der Waals surface area contributed by atoms with E-state index in [0.717, 1.165) is 0 Å². The highest BCUT2D eigenvalue weighted by atomic mass is 32.2. The number of carboxylic acids is 1. The lowest BCUT2D eigenvalue weighted by molar-refractivity contribution is -0.144. The van der Waals surface area contributed by atoms with E-state index in [1.807, 2.05) is 0 Å². The largest absolute Gasteiger partial charge is 0.480 e. The quantitative estimate of drug-likeness (QED) is 0.560. The van der Waals surface area contributed by atoms with Gasteiger partial charge in [-0.1, -0.05) is 0 Å². The molecule has 4 nitrogen and oxygen atoms in total. The first-order chi connectivity index (χ1) is 4.75. The van der Waals surface area contributed by atoms with Crippen molar-refractivity contribution in [2.75, 3.05) is 11.6 Å². The Morgan fingerprint density at radius 2 is 2.50 bits per heavy atom. The van der Waals surface area contributed by atoms with Crippen molar-refractivity contribution in [1.29, 1.82) is 0 Å². The van der Waals surface area contributed by atoms with E-state index in [1.165, 1.54) is 16.7 Å². The van der Waals surface area contributed by atoms with Crippen LogP contribution >= 0.6 is 11.8 Å². The molecule has 0 spiro atoms. The first kappa shape index (κ1) is 7.40. The molecule has 1 atom stereocenters. The standard InChI is InChI=1S/C5H7NO3S/c7-2-6-3-10-1-4(6)5(8)9/h2,4H,1,3H2,(H,8,9). The van der Waals surface area contributed by atoms with Gasteiger partial charge in [0, 0.05) is 5.75 Å². The Morgan fingerprint density at radius 1 is 1.80 bits per heavy atom. The number of hydrogen-bond acceptors (Lipinski definition) is 3. The molecule has 0 aliphatic carbocycles. The first-order valence-corrected chi connectivity index (χ1v) is 3.93. The summed E-state index contributed by atoms with van der Waals surface area (Å²) in [4.78, 5) is 21.8. The van der Waals surface area contributed by atoms with Gasteiger partial charge < -0.3 is 10.0 Å². The van der Waals surface area contributed by atoms with Crippen LogP contribution in [-0.4, -0.2) is 40.1 Å². The summed E-state index contributed by atoms with van der Waals surface area (Å²) >= 11 is 1.46. The monoisotopic (exact) mass is 161 g/mol. The van der Waals surface area contributed by atoms with Crippen molar-refractivity contribution in [2.24, 2.45) is 0 Å². The molecule has 0 bridgehead atoms. The van der Waals surface area contributed by atoms with Crippen molar-refractivity contribution in [2.45, 2.75) is 6.04 Å². The molecule has 1 fully saturated rings. The average Bonchev–Trinajstić information content (AvgIpc) is 2.33. The van der Waals surface area contributed by atoms with Gasteiger partial charge in [-0.25, -0.2) is 4.79 Å². The van der Waals surface area contributed by atoms with Gasteiger partial charge in [-0.05, 0) is 0 Å². The van der Waals surface area contributed by atoms with Gasteiger partial charge in [0.1, 0.15) is 6.04 Å². The zero-order valence-corrected chi connectivity index (χ0v) is 6.00. The summed E-state index contributed by atoms with van der Waals surface area (Å²) in [5, 5.41) is 8.50. The fourth-order valence-electron chi connectivity index (χ4n) is 0.772. The van der Waals surface area contributed by atoms with Crippen LogP contribution < -0.4 is 0 Å². The van der Waals surface area contributed by atoms with Crippen LogP contribution in [0.4, 0.5) is 0 Å². The number of aliphatic carboxylic acids is 1. The van der Waals surface area contributed by atoms with Gasteiger partial charge in [-0.3, -0.25) is 4.79 Å². The maximum absolute atomic E-state index is 10.4. The molecule has 1 aliphatic rings. The number of thioether (sulfide) groups is 1. The predicted molar refractivity (Wildman–Crippen MR) is 36.7 cm³/mol. The van der Waals surface area contributed by atoms with Crippen LogP contribution in [0.25, 0.3) is 0 Å². The van der Waals surface area contributed by atoms with Crippen LogP contribution in [0.5, 0.6) is 0 Å². The minimum absolute atomic E-state index is 0.500. The highest BCUT2D eigenvalue weighted by Gasteiger charge is 2.29. The smallest absolute Gasteiger partial charge is 0.327 e. The normalized spacial score (nSPS) is 24.8. The molecular weight excluding hydrogens is 154 g/mol. The summed E-state index contributed by atoms with van der Waals surface area (Å²) < 4.78 is 0. The maximum Gasteiger partial charge on any atom is 0.327 e. The summed E-state index contributed by atoms with van der Waals surface area (Å²) in [6.07, 6.45) is 0.582. The molecule has 0 aromatic rings. The SMILES string of the molecule is O=CN1CSCC1C(=O)O. The zero-order chi connectivity index (χ0) is 7.56. The minimum atomic E-state index is -0.919. The molecule has 1 rings (SSSR count). The number of nitrogens with zero attached hydrogens (tertiary/aromatic N) is 1. The van der Waals surface area contributed by atoms with Crippen molar-refractivity contribution < 1.29 is 14.7 Å². The summed E-state index contributed by atoms with van der Waals surface area (Å²) in [5.41, 5.74) is 0. The number of amides is 1. The fourth-order valence-corrected chi connectivity index (χ4v) is 1.89. The molecule has 0 radical (unpaired) electrons. The van der Waals surface area contributed by atoms with E-state index in [-0.39, 0.29) is 0 Å². The van der Waals surface area contributed by atoms with Gasteiger partial charge in [0.15, 0.2) is 0 Å². The highest BCUT2D eigenvalue weighted by Crippen LogP contribution is 2.18. The van der Waals surface area contributed by atoms with E-state index < -0.39 is 12.0 Å². The zero-order valence-electron chi connectivity index (χ0n) is 5.19. The van der Waals surface area contributed by atoms with E-state index in [9.17, 15) is 9.59 Å². The Balaban J connectivity index is 2.58. The lowest BCUT2D eigenvalue weighted by Crippen LogP contribution is -2.36. The van der Waals surface area contributed by atoms with Gasteiger partial charge in [-0.15, -0.1) is 11.8 Å². The third-order valence-corrected chi connectivity index (χ3v) is 2.37. The highest BCUT2D eigenvalue weighted by molar-refractivity contribution is 7.99. The minimum Gasteiger partial charge on any atom is -0.480 e. The van der Waals surface area contributed by atoms with Gasteiger partial charge in [0.05, 0.1) is 5.88 Å². The van der Waals surface area contributed by atoms with Crippen molar-refractivity contribution in [3.63, 3.8) is 0 Å². The van der Waals surface area contributed by atoms with Gasteiger partial charge >= 0.3 is 5.97 Å². The number of carboxylic acid groups (broad SMARTS) is 1. The van der Waals surface area contributed by atoms with Gasteiger partial charge in [0.25, 0.3) is 0 Å². The topological polar surface area (TPSA) is 57.6 Å². The molecule has 0 saturated carbocycles. The van der Waals surface area contributed by atoms with E-state index in [4.69, 9.17) is 5.11 Å². The predicted octanol–water partition coefficient (Wildman–Crippen LogP) is -0.398. The number of carbonyl (C=O) groups excluding carboxylic acids is 1. The number of hydrogen-bond donors (Lipinski definition) is 1. The summed E-state index contributed by atoms with van der Waals surface area (Å²) in [7, 11) is 0. The third kappa shape index (κ3) is 1.23. The Morgan fingerprint density at radius 3 is 2.90 bits per heavy atom. The lowest BCUT2D eigenvalue weighted by atomic mass is 10.3. The maximum atomic E-state index is 10.4.